The summed E-state index contributed by atoms with van der Waals surface area (Å²) in [5, 5.41) is 2.04. The SMILES string of the molecule is CCOc1ccc(-c2cn3c(CC(=O)N4CCN(c5ccccc5)CC4)csc3n2)cc1. The van der Waals surface area contributed by atoms with Crippen molar-refractivity contribution in [3.63, 3.8) is 0 Å². The Morgan fingerprint density at radius 1 is 1.03 bits per heavy atom. The monoisotopic (exact) mass is 446 g/mol. The van der Waals surface area contributed by atoms with Crippen LogP contribution in [0.1, 0.15) is 12.6 Å². The molecule has 0 spiro atoms. The van der Waals surface area contributed by atoms with Crippen LogP contribution in [0.25, 0.3) is 16.2 Å². The first-order valence-electron chi connectivity index (χ1n) is 11.0. The highest BCUT2D eigenvalue weighted by Crippen LogP contribution is 2.26. The van der Waals surface area contributed by atoms with Crippen molar-refractivity contribution in [1.29, 1.82) is 0 Å². The summed E-state index contributed by atoms with van der Waals surface area (Å²) in [5.74, 6) is 1.03. The lowest BCUT2D eigenvalue weighted by Crippen LogP contribution is -2.49. The Morgan fingerprint density at radius 2 is 1.78 bits per heavy atom. The number of rotatable bonds is 6. The van der Waals surface area contributed by atoms with Gasteiger partial charge in [0, 0.05) is 54.7 Å². The molecule has 0 aliphatic carbocycles. The number of piperazine rings is 1. The van der Waals surface area contributed by atoms with Crippen molar-refractivity contribution in [1.82, 2.24) is 14.3 Å². The normalized spacial score (nSPS) is 14.2. The number of ether oxygens (including phenoxy) is 1. The van der Waals surface area contributed by atoms with E-state index in [-0.39, 0.29) is 5.91 Å². The van der Waals surface area contributed by atoms with Gasteiger partial charge in [0.05, 0.1) is 18.7 Å². The van der Waals surface area contributed by atoms with Gasteiger partial charge in [0.2, 0.25) is 5.91 Å². The molecule has 32 heavy (non-hydrogen) atoms. The molecule has 3 heterocycles. The number of carbonyl (C=O) groups excluding carboxylic acids is 1. The lowest BCUT2D eigenvalue weighted by atomic mass is 10.1. The van der Waals surface area contributed by atoms with E-state index < -0.39 is 0 Å². The molecule has 0 saturated carbocycles. The Hall–Kier alpha value is -3.32. The second-order valence-corrected chi connectivity index (χ2v) is 8.68. The van der Waals surface area contributed by atoms with Crippen LogP contribution >= 0.6 is 11.3 Å². The standard InChI is InChI=1S/C25H26N4O2S/c1-2-31-22-10-8-19(9-11-22)23-17-29-21(18-32-25(29)26-23)16-24(30)28-14-12-27(13-15-28)20-6-4-3-5-7-20/h3-11,17-18H,2,12-16H2,1H3. The van der Waals surface area contributed by atoms with Crippen LogP contribution in [0.2, 0.25) is 0 Å². The fraction of sp³-hybridized carbons (Fsp3) is 0.280. The van der Waals surface area contributed by atoms with Gasteiger partial charge in [-0.05, 0) is 43.3 Å². The Bertz CT molecular complexity index is 1190. The summed E-state index contributed by atoms with van der Waals surface area (Å²) < 4.78 is 7.57. The molecule has 5 rings (SSSR count). The Balaban J connectivity index is 1.25. The minimum absolute atomic E-state index is 0.175. The van der Waals surface area contributed by atoms with E-state index in [1.807, 2.05) is 53.7 Å². The maximum atomic E-state index is 13.0. The zero-order valence-electron chi connectivity index (χ0n) is 18.1. The highest BCUT2D eigenvalue weighted by molar-refractivity contribution is 7.15. The van der Waals surface area contributed by atoms with Crippen LogP contribution in [0, 0.1) is 0 Å². The molecule has 0 atom stereocenters. The number of carbonyl (C=O) groups is 1. The molecule has 6 nitrogen and oxygen atoms in total. The van der Waals surface area contributed by atoms with E-state index in [4.69, 9.17) is 9.72 Å². The first kappa shape index (κ1) is 20.6. The number of hydrogen-bond acceptors (Lipinski definition) is 5. The smallest absolute Gasteiger partial charge is 0.228 e. The summed E-state index contributed by atoms with van der Waals surface area (Å²) in [6.45, 7) is 5.86. The number of hydrogen-bond donors (Lipinski definition) is 0. The van der Waals surface area contributed by atoms with Crippen molar-refractivity contribution in [2.75, 3.05) is 37.7 Å². The summed E-state index contributed by atoms with van der Waals surface area (Å²) in [6.07, 6.45) is 2.42. The van der Waals surface area contributed by atoms with Gasteiger partial charge in [-0.2, -0.15) is 0 Å². The third-order valence-electron chi connectivity index (χ3n) is 5.83. The van der Waals surface area contributed by atoms with E-state index in [1.165, 1.54) is 5.69 Å². The maximum Gasteiger partial charge on any atom is 0.228 e. The Morgan fingerprint density at radius 3 is 2.50 bits per heavy atom. The molecule has 164 valence electrons. The highest BCUT2D eigenvalue weighted by Gasteiger charge is 2.22. The molecule has 1 amide bonds. The average Bonchev–Trinajstić information content (AvgIpc) is 3.42. The zero-order chi connectivity index (χ0) is 21.9. The molecule has 1 aliphatic heterocycles. The molecule has 0 bridgehead atoms. The van der Waals surface area contributed by atoms with Gasteiger partial charge in [-0.3, -0.25) is 9.20 Å². The number of anilines is 1. The second kappa shape index (κ2) is 9.04. The van der Waals surface area contributed by atoms with Gasteiger partial charge in [0.25, 0.3) is 0 Å². The van der Waals surface area contributed by atoms with Crippen molar-refractivity contribution in [3.05, 3.63) is 71.9 Å². The van der Waals surface area contributed by atoms with Crippen LogP contribution < -0.4 is 9.64 Å². The minimum atomic E-state index is 0.175. The van der Waals surface area contributed by atoms with Crippen LogP contribution in [-0.4, -0.2) is 53.0 Å². The number of fused-ring (bicyclic) bond motifs is 1. The Labute approximate surface area is 191 Å². The summed E-state index contributed by atoms with van der Waals surface area (Å²) in [7, 11) is 0. The number of benzene rings is 2. The zero-order valence-corrected chi connectivity index (χ0v) is 18.9. The van der Waals surface area contributed by atoms with Crippen molar-refractivity contribution >= 4 is 27.9 Å². The van der Waals surface area contributed by atoms with Gasteiger partial charge in [-0.25, -0.2) is 4.98 Å². The molecule has 7 heteroatoms. The summed E-state index contributed by atoms with van der Waals surface area (Å²) in [4.78, 5) is 23.0. The first-order chi connectivity index (χ1) is 15.7. The fourth-order valence-electron chi connectivity index (χ4n) is 4.10. The minimum Gasteiger partial charge on any atom is -0.494 e. The number of para-hydroxylation sites is 1. The van der Waals surface area contributed by atoms with Crippen LogP contribution in [0.4, 0.5) is 5.69 Å². The quantitative estimate of drug-likeness (QED) is 0.442. The van der Waals surface area contributed by atoms with E-state index in [0.717, 1.165) is 53.8 Å². The van der Waals surface area contributed by atoms with Gasteiger partial charge in [-0.1, -0.05) is 18.2 Å². The summed E-state index contributed by atoms with van der Waals surface area (Å²) in [6, 6.07) is 18.4. The van der Waals surface area contributed by atoms with E-state index >= 15 is 0 Å². The van der Waals surface area contributed by atoms with E-state index in [9.17, 15) is 4.79 Å². The van der Waals surface area contributed by atoms with Gasteiger partial charge >= 0.3 is 0 Å². The van der Waals surface area contributed by atoms with Crippen molar-refractivity contribution in [2.24, 2.45) is 0 Å². The predicted octanol–water partition coefficient (Wildman–Crippen LogP) is 4.35. The molecular weight excluding hydrogens is 420 g/mol. The van der Waals surface area contributed by atoms with Gasteiger partial charge in [0.1, 0.15) is 5.75 Å². The van der Waals surface area contributed by atoms with E-state index in [2.05, 4.69) is 33.6 Å². The Kier molecular flexibility index (Phi) is 5.81. The van der Waals surface area contributed by atoms with Gasteiger partial charge in [-0.15, -0.1) is 11.3 Å². The molecular formula is C25H26N4O2S. The molecule has 1 saturated heterocycles. The average molecular weight is 447 g/mol. The van der Waals surface area contributed by atoms with Crippen molar-refractivity contribution < 1.29 is 9.53 Å². The highest BCUT2D eigenvalue weighted by atomic mass is 32.1. The number of amides is 1. The topological polar surface area (TPSA) is 50.1 Å². The maximum absolute atomic E-state index is 13.0. The molecule has 1 aliphatic rings. The molecule has 1 fully saturated rings. The van der Waals surface area contributed by atoms with Crippen LogP contribution in [0.15, 0.2) is 66.2 Å². The van der Waals surface area contributed by atoms with Crippen LogP contribution in [-0.2, 0) is 11.2 Å². The molecule has 4 aromatic rings. The second-order valence-electron chi connectivity index (χ2n) is 7.84. The van der Waals surface area contributed by atoms with Crippen LogP contribution in [0.3, 0.4) is 0 Å². The molecule has 2 aromatic carbocycles. The number of aromatic nitrogens is 2. The molecule has 0 N–H and O–H groups in total. The lowest BCUT2D eigenvalue weighted by molar-refractivity contribution is -0.130. The largest absolute Gasteiger partial charge is 0.494 e. The summed E-state index contributed by atoms with van der Waals surface area (Å²) in [5.41, 5.74) is 4.16. The molecule has 0 radical (unpaired) electrons. The third-order valence-corrected chi connectivity index (χ3v) is 6.72. The first-order valence-corrected chi connectivity index (χ1v) is 11.9. The fourth-order valence-corrected chi connectivity index (χ4v) is 4.98. The summed E-state index contributed by atoms with van der Waals surface area (Å²) >= 11 is 1.58. The lowest BCUT2D eigenvalue weighted by Gasteiger charge is -2.36. The van der Waals surface area contributed by atoms with Gasteiger partial charge in [0.15, 0.2) is 4.96 Å². The van der Waals surface area contributed by atoms with Gasteiger partial charge < -0.3 is 14.5 Å². The molecule has 0 unspecified atom stereocenters. The van der Waals surface area contributed by atoms with E-state index in [1.54, 1.807) is 11.3 Å². The predicted molar refractivity (Wildman–Crippen MR) is 129 cm³/mol. The van der Waals surface area contributed by atoms with E-state index in [0.29, 0.717) is 13.0 Å². The number of thiazole rings is 1. The van der Waals surface area contributed by atoms with Crippen LogP contribution in [0.5, 0.6) is 5.75 Å². The van der Waals surface area contributed by atoms with Crippen molar-refractivity contribution in [3.8, 4) is 17.0 Å². The third kappa shape index (κ3) is 4.21. The number of nitrogens with zero attached hydrogens (tertiary/aromatic N) is 4. The van der Waals surface area contributed by atoms with Crippen molar-refractivity contribution in [2.45, 2.75) is 13.3 Å². The number of imidazole rings is 1. The molecule has 2 aromatic heterocycles.